The predicted molar refractivity (Wildman–Crippen MR) is 161 cm³/mol. The number of hydrogen-bond acceptors (Lipinski definition) is 0. The van der Waals surface area contributed by atoms with Crippen LogP contribution in [-0.4, -0.2) is 0 Å². The van der Waals surface area contributed by atoms with E-state index in [1.54, 1.807) is 0 Å². The third kappa shape index (κ3) is 1.51. The molecule has 1 aliphatic carbocycles. The first kappa shape index (κ1) is 16.9. The standard InChI is InChI=1S/C37H16/c1-7-19-13-21-9-3-17-5-11-23-15-24-12-6-18-4-10-22-14-20-8-2-16(1)25-28(19)34-30(21)26(17)32(23)36-33(24)27(18)31(22)35(29(20)25)37(34)36/h1-11,13-15H,12H2. The average molecular weight is 461 g/mol. The second kappa shape index (κ2) is 4.94. The summed E-state index contributed by atoms with van der Waals surface area (Å²) in [7, 11) is 0. The molecule has 1 aliphatic rings. The zero-order chi connectivity index (χ0) is 23.3. The molecule has 0 aliphatic heterocycles. The lowest BCUT2D eigenvalue weighted by Gasteiger charge is -2.28. The molecule has 11 aromatic rings. The van der Waals surface area contributed by atoms with Gasteiger partial charge < -0.3 is 0 Å². The molecule has 37 heavy (non-hydrogen) atoms. The first-order valence-electron chi connectivity index (χ1n) is 13.3. The molecule has 0 heterocycles. The lowest BCUT2D eigenvalue weighted by molar-refractivity contribution is 1.37. The lowest BCUT2D eigenvalue weighted by atomic mass is 9.74. The molecule has 0 N–H and O–H groups in total. The van der Waals surface area contributed by atoms with Crippen molar-refractivity contribution in [1.82, 2.24) is 0 Å². The second-order valence-electron chi connectivity index (χ2n) is 11.6. The highest BCUT2D eigenvalue weighted by Crippen LogP contribution is 2.56. The van der Waals surface area contributed by atoms with Gasteiger partial charge in [-0.05, 0) is 137 Å². The van der Waals surface area contributed by atoms with Crippen molar-refractivity contribution in [3.05, 3.63) is 89.6 Å². The van der Waals surface area contributed by atoms with Crippen LogP contribution in [0.25, 0.3) is 114 Å². The van der Waals surface area contributed by atoms with Crippen LogP contribution in [0.3, 0.4) is 0 Å². The minimum atomic E-state index is 1.01. The van der Waals surface area contributed by atoms with Crippen LogP contribution < -0.4 is 5.22 Å². The maximum atomic E-state index is 2.50. The molecule has 0 saturated carbocycles. The zero-order valence-electron chi connectivity index (χ0n) is 19.8. The van der Waals surface area contributed by atoms with Crippen LogP contribution in [0.1, 0.15) is 5.56 Å². The van der Waals surface area contributed by atoms with E-state index in [1.165, 1.54) is 119 Å². The van der Waals surface area contributed by atoms with Crippen molar-refractivity contribution in [3.63, 3.8) is 0 Å². The fourth-order valence-corrected chi connectivity index (χ4v) is 8.85. The van der Waals surface area contributed by atoms with Gasteiger partial charge in [0, 0.05) is 0 Å². The molecule has 0 radical (unpaired) electrons. The van der Waals surface area contributed by atoms with E-state index in [1.807, 2.05) is 0 Å². The minimum Gasteiger partial charge on any atom is -0.0722 e. The van der Waals surface area contributed by atoms with E-state index in [2.05, 4.69) is 84.9 Å². The number of benzene rings is 11. The molecule has 0 amide bonds. The largest absolute Gasteiger partial charge is 0.0722 e. The number of hydrogen-bond donors (Lipinski definition) is 0. The molecular weight excluding hydrogens is 444 g/mol. The normalized spacial score (nSPS) is 14.6. The molecule has 0 unspecified atom stereocenters. The van der Waals surface area contributed by atoms with E-state index < -0.39 is 0 Å². The molecule has 12 rings (SSSR count). The first-order chi connectivity index (χ1) is 18.3. The average Bonchev–Trinajstić information content (AvgIpc) is 2.95. The molecule has 0 atom stereocenters. The Morgan fingerprint density at radius 1 is 0.297 bits per heavy atom. The molecule has 0 saturated heterocycles. The first-order valence-corrected chi connectivity index (χ1v) is 13.3. The highest BCUT2D eigenvalue weighted by molar-refractivity contribution is 6.56. The van der Waals surface area contributed by atoms with E-state index in [9.17, 15) is 0 Å². The Bertz CT molecular complexity index is 2820. The van der Waals surface area contributed by atoms with Crippen LogP contribution in [0.2, 0.25) is 0 Å². The van der Waals surface area contributed by atoms with Crippen LogP contribution in [0.5, 0.6) is 0 Å². The maximum Gasteiger partial charge on any atom is -0.0000160 e. The number of rotatable bonds is 0. The van der Waals surface area contributed by atoms with Gasteiger partial charge in [0.15, 0.2) is 0 Å². The van der Waals surface area contributed by atoms with Crippen molar-refractivity contribution in [2.45, 2.75) is 6.42 Å². The van der Waals surface area contributed by atoms with Crippen LogP contribution in [-0.2, 0) is 6.42 Å². The predicted octanol–water partition coefficient (Wildman–Crippen LogP) is 9.46. The zero-order valence-corrected chi connectivity index (χ0v) is 19.8. The maximum absolute atomic E-state index is 2.50. The van der Waals surface area contributed by atoms with Gasteiger partial charge >= 0.3 is 0 Å². The second-order valence-corrected chi connectivity index (χ2v) is 11.6. The monoisotopic (exact) mass is 460 g/mol. The topological polar surface area (TPSA) is 0 Å². The van der Waals surface area contributed by atoms with E-state index in [-0.39, 0.29) is 0 Å². The summed E-state index contributed by atoms with van der Waals surface area (Å²) >= 11 is 0. The summed E-state index contributed by atoms with van der Waals surface area (Å²) in [5, 5.41) is 30.3. The lowest BCUT2D eigenvalue weighted by Crippen LogP contribution is -2.10. The van der Waals surface area contributed by atoms with Gasteiger partial charge in [-0.2, -0.15) is 0 Å². The summed E-state index contributed by atoms with van der Waals surface area (Å²) in [6.07, 6.45) is 3.47. The van der Waals surface area contributed by atoms with Crippen LogP contribution >= 0.6 is 0 Å². The minimum absolute atomic E-state index is 1.01. The van der Waals surface area contributed by atoms with Gasteiger partial charge in [0.25, 0.3) is 0 Å². The van der Waals surface area contributed by atoms with Gasteiger partial charge in [0.1, 0.15) is 0 Å². The van der Waals surface area contributed by atoms with Crippen molar-refractivity contribution in [1.29, 1.82) is 0 Å². The third-order valence-corrected chi connectivity index (χ3v) is 10.1. The van der Waals surface area contributed by atoms with Gasteiger partial charge in [-0.3, -0.25) is 0 Å². The smallest absolute Gasteiger partial charge is 0.0000160 e. The Kier molecular flexibility index (Phi) is 2.26. The van der Waals surface area contributed by atoms with Gasteiger partial charge in [-0.1, -0.05) is 72.8 Å². The van der Waals surface area contributed by atoms with Gasteiger partial charge in [0.2, 0.25) is 0 Å². The molecule has 0 spiro atoms. The van der Waals surface area contributed by atoms with Gasteiger partial charge in [-0.15, -0.1) is 0 Å². The van der Waals surface area contributed by atoms with Crippen LogP contribution in [0.4, 0.5) is 0 Å². The fraction of sp³-hybridized carbons (Fsp3) is 0.0270. The third-order valence-electron chi connectivity index (χ3n) is 10.1. The van der Waals surface area contributed by atoms with Crippen LogP contribution in [0.15, 0.2) is 78.9 Å². The van der Waals surface area contributed by atoms with E-state index in [4.69, 9.17) is 0 Å². The Balaban J connectivity index is 1.70. The Morgan fingerprint density at radius 2 is 0.676 bits per heavy atom. The highest BCUT2D eigenvalue weighted by atomic mass is 14.3. The molecule has 164 valence electrons. The summed E-state index contributed by atoms with van der Waals surface area (Å²) in [6.45, 7) is 0. The van der Waals surface area contributed by atoms with Gasteiger partial charge in [-0.25, -0.2) is 0 Å². The quantitative estimate of drug-likeness (QED) is 0.156. The van der Waals surface area contributed by atoms with Crippen molar-refractivity contribution in [2.24, 2.45) is 0 Å². The molecule has 0 bridgehead atoms. The SMILES string of the molecule is C1=c2ccc3cc4ccc5ccc6cc7ccc8ccc9cc(c%10c2c3c2c4c5c6c3c7c8c9c%10c23)C1. The van der Waals surface area contributed by atoms with Gasteiger partial charge in [0.05, 0.1) is 0 Å². The molecule has 0 fully saturated rings. The van der Waals surface area contributed by atoms with Crippen molar-refractivity contribution >= 4 is 114 Å². The molecule has 0 nitrogen and oxygen atoms in total. The Morgan fingerprint density at radius 3 is 1.24 bits per heavy atom. The summed E-state index contributed by atoms with van der Waals surface area (Å²) in [6, 6.07) is 30.9. The molecule has 0 heteroatoms. The molecule has 0 aromatic heterocycles. The summed E-state index contributed by atoms with van der Waals surface area (Å²) in [4.78, 5) is 0. The van der Waals surface area contributed by atoms with Crippen molar-refractivity contribution in [3.8, 4) is 0 Å². The molecular formula is C37H16. The summed E-state index contributed by atoms with van der Waals surface area (Å²) in [5.41, 5.74) is 1.49. The van der Waals surface area contributed by atoms with E-state index >= 15 is 0 Å². The Labute approximate surface area is 209 Å². The Hall–Kier alpha value is -4.68. The fourth-order valence-electron chi connectivity index (χ4n) is 8.85. The van der Waals surface area contributed by atoms with Crippen molar-refractivity contribution in [2.75, 3.05) is 0 Å². The summed E-state index contributed by atoms with van der Waals surface area (Å²) in [5.74, 6) is 0. The highest BCUT2D eigenvalue weighted by Gasteiger charge is 2.29. The van der Waals surface area contributed by atoms with Crippen LogP contribution in [0, 0.1) is 0 Å². The van der Waals surface area contributed by atoms with E-state index in [0.29, 0.717) is 0 Å². The van der Waals surface area contributed by atoms with E-state index in [0.717, 1.165) is 6.42 Å². The molecule has 11 aromatic carbocycles. The van der Waals surface area contributed by atoms with Crippen molar-refractivity contribution < 1.29 is 0 Å². The summed E-state index contributed by atoms with van der Waals surface area (Å²) < 4.78 is 0.